The second-order valence-electron chi connectivity index (χ2n) is 8.97. The van der Waals surface area contributed by atoms with Gasteiger partial charge >= 0.3 is 0 Å². The van der Waals surface area contributed by atoms with E-state index in [1.54, 1.807) is 19.3 Å². The van der Waals surface area contributed by atoms with Gasteiger partial charge in [0.25, 0.3) is 5.56 Å². The molecule has 182 valence electrons. The van der Waals surface area contributed by atoms with Crippen LogP contribution in [0.4, 0.5) is 14.5 Å². The monoisotopic (exact) mass is 498 g/mol. The zero-order chi connectivity index (χ0) is 24.9. The maximum absolute atomic E-state index is 14.4. The number of benzene rings is 2. The molecule has 0 bridgehead atoms. The molecule has 2 atom stereocenters. The first-order valence-electron chi connectivity index (χ1n) is 11.3. The van der Waals surface area contributed by atoms with Crippen LogP contribution in [0.25, 0.3) is 17.2 Å². The minimum absolute atomic E-state index is 0.0872. The van der Waals surface area contributed by atoms with Crippen molar-refractivity contribution in [1.29, 1.82) is 0 Å². The number of allylic oxidation sites excluding steroid dienone is 1. The molecule has 0 radical (unpaired) electrons. The lowest BCUT2D eigenvalue weighted by molar-refractivity contribution is 0.439. The molecule has 0 aliphatic heterocycles. The third kappa shape index (κ3) is 4.60. The third-order valence-corrected chi connectivity index (χ3v) is 7.81. The Balaban J connectivity index is 1.70. The number of nitrogens with one attached hydrogen (secondary N) is 1. The van der Waals surface area contributed by atoms with Crippen molar-refractivity contribution in [3.05, 3.63) is 81.8 Å². The normalized spacial score (nSPS) is 18.4. The van der Waals surface area contributed by atoms with Crippen molar-refractivity contribution in [2.45, 2.75) is 19.8 Å². The maximum Gasteiger partial charge on any atom is 0.254 e. The molecule has 1 fully saturated rings. The summed E-state index contributed by atoms with van der Waals surface area (Å²) in [5.74, 6) is -0.783. The van der Waals surface area contributed by atoms with Gasteiger partial charge in [-0.1, -0.05) is 12.2 Å². The van der Waals surface area contributed by atoms with E-state index in [4.69, 9.17) is 4.74 Å². The molecule has 1 aromatic heterocycles. The Bertz CT molecular complexity index is 1530. The molecule has 6 nitrogen and oxygen atoms in total. The number of nitrogens with zero attached hydrogens (tertiary/aromatic N) is 1. The molecule has 35 heavy (non-hydrogen) atoms. The zero-order valence-electron chi connectivity index (χ0n) is 19.2. The van der Waals surface area contributed by atoms with Crippen molar-refractivity contribution < 1.29 is 21.9 Å². The molecule has 1 N–H and O–H groups in total. The first-order chi connectivity index (χ1) is 16.6. The van der Waals surface area contributed by atoms with Crippen molar-refractivity contribution in [2.75, 3.05) is 10.5 Å². The van der Waals surface area contributed by atoms with E-state index >= 15 is 0 Å². The summed E-state index contributed by atoms with van der Waals surface area (Å²) in [6, 6.07) is 7.65. The van der Waals surface area contributed by atoms with Crippen LogP contribution in [-0.4, -0.2) is 18.7 Å². The highest BCUT2D eigenvalue weighted by atomic mass is 32.2. The maximum atomic E-state index is 14.4. The Labute approximate surface area is 201 Å². The molecule has 1 unspecified atom stereocenters. The van der Waals surface area contributed by atoms with E-state index in [1.165, 1.54) is 29.7 Å². The fourth-order valence-electron chi connectivity index (χ4n) is 4.46. The second-order valence-corrected chi connectivity index (χ2v) is 11.0. The van der Waals surface area contributed by atoms with E-state index in [-0.39, 0.29) is 22.8 Å². The molecule has 0 saturated heterocycles. The number of aryl methyl sites for hydroxylation is 1. The van der Waals surface area contributed by atoms with Gasteiger partial charge in [-0.15, -0.1) is 0 Å². The van der Waals surface area contributed by atoms with Crippen LogP contribution in [0.1, 0.15) is 24.5 Å². The molecule has 1 saturated carbocycles. The molecule has 9 heteroatoms. The number of fused-ring (bicyclic) bond motifs is 2. The van der Waals surface area contributed by atoms with Crippen molar-refractivity contribution in [3.63, 3.8) is 0 Å². The highest BCUT2D eigenvalue weighted by molar-refractivity contribution is 7.92. The van der Waals surface area contributed by atoms with Gasteiger partial charge in [-0.3, -0.25) is 9.52 Å². The third-order valence-electron chi connectivity index (χ3n) is 6.51. The lowest BCUT2D eigenvalue weighted by Crippen LogP contribution is -2.23. The number of anilines is 1. The van der Waals surface area contributed by atoms with Crippen LogP contribution >= 0.6 is 0 Å². The number of halogens is 2. The first-order valence-corrected chi connectivity index (χ1v) is 13.0. The quantitative estimate of drug-likeness (QED) is 0.514. The summed E-state index contributed by atoms with van der Waals surface area (Å²) >= 11 is 0. The van der Waals surface area contributed by atoms with E-state index in [1.807, 2.05) is 6.08 Å². The molecule has 3 aromatic rings. The Morgan fingerprint density at radius 2 is 1.89 bits per heavy atom. The predicted octanol–water partition coefficient (Wildman–Crippen LogP) is 5.09. The zero-order valence-corrected chi connectivity index (χ0v) is 20.0. The molecule has 5 rings (SSSR count). The van der Waals surface area contributed by atoms with Gasteiger partial charge in [-0.25, -0.2) is 17.2 Å². The number of ether oxygens (including phenoxy) is 1. The minimum Gasteiger partial charge on any atom is -0.454 e. The van der Waals surface area contributed by atoms with Gasteiger partial charge < -0.3 is 9.30 Å². The van der Waals surface area contributed by atoms with Crippen LogP contribution in [0, 0.1) is 23.5 Å². The van der Waals surface area contributed by atoms with Crippen LogP contribution in [0.2, 0.25) is 0 Å². The molecule has 0 amide bonds. The number of hydrogen-bond acceptors (Lipinski definition) is 4. The smallest absolute Gasteiger partial charge is 0.254 e. The fourth-order valence-corrected chi connectivity index (χ4v) is 5.09. The highest BCUT2D eigenvalue weighted by Crippen LogP contribution is 2.47. The molecule has 2 aliphatic carbocycles. The van der Waals surface area contributed by atoms with Gasteiger partial charge in [0.2, 0.25) is 10.0 Å². The van der Waals surface area contributed by atoms with Gasteiger partial charge in [0, 0.05) is 41.7 Å². The van der Waals surface area contributed by atoms with Crippen LogP contribution in [0.15, 0.2) is 53.5 Å². The van der Waals surface area contributed by atoms with Crippen molar-refractivity contribution >= 4 is 21.8 Å². The van der Waals surface area contributed by atoms with Crippen LogP contribution < -0.4 is 15.0 Å². The SMILES string of the molecule is CCS(=O)(=O)Nc1ccc(Oc2ccc(F)cc2F)c(-c2cn(C)c(=O)c3c2C=CC2C[C@@H]2C3)c1. The lowest BCUT2D eigenvalue weighted by Gasteiger charge is -2.18. The van der Waals surface area contributed by atoms with Crippen LogP contribution in [0.5, 0.6) is 11.5 Å². The summed E-state index contributed by atoms with van der Waals surface area (Å²) < 4.78 is 62.1. The molecule has 0 spiro atoms. The molecular weight excluding hydrogens is 474 g/mol. The fraction of sp³-hybridized carbons (Fsp3) is 0.269. The van der Waals surface area contributed by atoms with Crippen LogP contribution in [0.3, 0.4) is 0 Å². The Morgan fingerprint density at radius 1 is 1.11 bits per heavy atom. The summed E-state index contributed by atoms with van der Waals surface area (Å²) in [6.07, 6.45) is 7.41. The van der Waals surface area contributed by atoms with E-state index in [0.717, 1.165) is 24.1 Å². The summed E-state index contributed by atoms with van der Waals surface area (Å²) in [6.45, 7) is 1.53. The summed E-state index contributed by atoms with van der Waals surface area (Å²) in [5.41, 5.74) is 2.75. The largest absolute Gasteiger partial charge is 0.454 e. The predicted molar refractivity (Wildman–Crippen MR) is 131 cm³/mol. The average molecular weight is 499 g/mol. The topological polar surface area (TPSA) is 77.4 Å². The van der Waals surface area contributed by atoms with Gasteiger partial charge in [-0.05, 0) is 67.5 Å². The lowest BCUT2D eigenvalue weighted by atomic mass is 9.94. The highest BCUT2D eigenvalue weighted by Gasteiger charge is 2.38. The summed E-state index contributed by atoms with van der Waals surface area (Å²) in [7, 11) is -1.89. The van der Waals surface area contributed by atoms with Crippen molar-refractivity contribution in [3.8, 4) is 22.6 Å². The Hall–Kier alpha value is -3.46. The number of aromatic nitrogens is 1. The molecular formula is C26H24F2N2O4S. The summed E-state index contributed by atoms with van der Waals surface area (Å²) in [5, 5.41) is 0. The minimum atomic E-state index is -3.56. The Morgan fingerprint density at radius 3 is 2.63 bits per heavy atom. The van der Waals surface area contributed by atoms with Gasteiger partial charge in [0.1, 0.15) is 11.6 Å². The van der Waals surface area contributed by atoms with Gasteiger partial charge in [0.05, 0.1) is 5.75 Å². The Kier molecular flexibility index (Phi) is 5.75. The molecule has 2 aromatic carbocycles. The summed E-state index contributed by atoms with van der Waals surface area (Å²) in [4.78, 5) is 13.0. The molecule has 1 heterocycles. The van der Waals surface area contributed by atoms with Crippen molar-refractivity contribution in [2.24, 2.45) is 18.9 Å². The number of sulfonamides is 1. The first kappa shape index (κ1) is 23.3. The molecule has 2 aliphatic rings. The standard InChI is InChI=1S/C26H24F2N2O4S/c1-3-35(32,33)29-18-6-9-24(34-25-8-5-17(27)12-23(25)28)20(13-18)22-14-30(2)26(31)21-11-16-10-15(16)4-7-19(21)22/h4-9,12-16,29H,3,10-11H2,1-2H3/t15?,16-/m1/s1. The van der Waals surface area contributed by atoms with Gasteiger partial charge in [-0.2, -0.15) is 0 Å². The number of pyridine rings is 1. The van der Waals surface area contributed by atoms with Crippen molar-refractivity contribution in [1.82, 2.24) is 4.57 Å². The van der Waals surface area contributed by atoms with E-state index < -0.39 is 21.7 Å². The second kappa shape index (κ2) is 8.64. The average Bonchev–Trinajstić information content (AvgIpc) is 3.58. The van der Waals surface area contributed by atoms with E-state index in [0.29, 0.717) is 40.6 Å². The number of hydrogen-bond donors (Lipinski definition) is 1. The van der Waals surface area contributed by atoms with E-state index in [9.17, 15) is 22.0 Å². The van der Waals surface area contributed by atoms with E-state index in [2.05, 4.69) is 10.8 Å². The number of rotatable bonds is 6. The van der Waals surface area contributed by atoms with Crippen LogP contribution in [-0.2, 0) is 23.5 Å². The van der Waals surface area contributed by atoms with Gasteiger partial charge in [0.15, 0.2) is 11.6 Å².